The molecule has 0 spiro atoms. The van der Waals surface area contributed by atoms with Gasteiger partial charge in [0.05, 0.1) is 11.3 Å². The Morgan fingerprint density at radius 1 is 1.23 bits per heavy atom. The van der Waals surface area contributed by atoms with Crippen LogP contribution < -0.4 is 5.32 Å². The van der Waals surface area contributed by atoms with Crippen molar-refractivity contribution in [2.24, 2.45) is 5.92 Å². The summed E-state index contributed by atoms with van der Waals surface area (Å²) < 4.78 is 0. The number of piperidine rings is 1. The number of anilines is 1. The zero-order chi connectivity index (χ0) is 18.5. The molecule has 134 valence electrons. The van der Waals surface area contributed by atoms with Crippen molar-refractivity contribution in [1.29, 1.82) is 5.26 Å². The van der Waals surface area contributed by atoms with Crippen LogP contribution in [0.2, 0.25) is 0 Å². The van der Waals surface area contributed by atoms with E-state index >= 15 is 0 Å². The molecule has 1 aliphatic rings. The van der Waals surface area contributed by atoms with Gasteiger partial charge in [0.25, 0.3) is 5.91 Å². The molecule has 3 rings (SSSR count). The molecule has 1 aliphatic heterocycles. The third-order valence-electron chi connectivity index (χ3n) is 4.93. The number of hydrogen-bond donors (Lipinski definition) is 1. The highest BCUT2D eigenvalue weighted by atomic mass is 16.1. The fraction of sp³-hybridized carbons (Fsp3) is 0.381. The van der Waals surface area contributed by atoms with Crippen molar-refractivity contribution in [2.45, 2.75) is 33.2 Å². The third kappa shape index (κ3) is 4.47. The Morgan fingerprint density at radius 2 is 1.92 bits per heavy atom. The van der Waals surface area contributed by atoms with Gasteiger partial charge in [-0.2, -0.15) is 5.26 Å². The maximum Gasteiger partial charge on any atom is 0.274 e. The highest BCUT2D eigenvalue weighted by Gasteiger charge is 2.15. The summed E-state index contributed by atoms with van der Waals surface area (Å²) >= 11 is 0. The lowest BCUT2D eigenvalue weighted by atomic mass is 9.99. The van der Waals surface area contributed by atoms with Crippen molar-refractivity contribution in [2.75, 3.05) is 18.4 Å². The van der Waals surface area contributed by atoms with E-state index in [0.29, 0.717) is 17.0 Å². The summed E-state index contributed by atoms with van der Waals surface area (Å²) in [5.74, 6) is 0.568. The first kappa shape index (κ1) is 18.1. The van der Waals surface area contributed by atoms with Gasteiger partial charge in [-0.3, -0.25) is 9.69 Å². The maximum atomic E-state index is 12.3. The van der Waals surface area contributed by atoms with Gasteiger partial charge >= 0.3 is 0 Å². The van der Waals surface area contributed by atoms with Gasteiger partial charge in [0.2, 0.25) is 0 Å². The summed E-state index contributed by atoms with van der Waals surface area (Å²) in [4.78, 5) is 19.0. The topological polar surface area (TPSA) is 69.0 Å². The number of amides is 1. The summed E-state index contributed by atoms with van der Waals surface area (Å²) in [7, 11) is 0. The number of likely N-dealkylation sites (tertiary alicyclic amines) is 1. The van der Waals surface area contributed by atoms with Gasteiger partial charge in [-0.25, -0.2) is 4.98 Å². The SMILES string of the molecule is Cc1nc(C(=O)Nc2ccc(CN3CCC(C)CC3)cc2)ccc1C#N. The Kier molecular flexibility index (Phi) is 5.65. The van der Waals surface area contributed by atoms with Crippen LogP contribution in [0.4, 0.5) is 5.69 Å². The molecule has 26 heavy (non-hydrogen) atoms. The molecule has 2 heterocycles. The largest absolute Gasteiger partial charge is 0.321 e. The van der Waals surface area contributed by atoms with E-state index in [4.69, 9.17) is 5.26 Å². The minimum absolute atomic E-state index is 0.268. The first-order valence-corrected chi connectivity index (χ1v) is 9.05. The van der Waals surface area contributed by atoms with E-state index in [9.17, 15) is 4.79 Å². The summed E-state index contributed by atoms with van der Waals surface area (Å²) in [6.45, 7) is 7.31. The first-order valence-electron chi connectivity index (χ1n) is 9.05. The van der Waals surface area contributed by atoms with Crippen LogP contribution in [0.25, 0.3) is 0 Å². The zero-order valence-electron chi connectivity index (χ0n) is 15.3. The van der Waals surface area contributed by atoms with Crippen molar-refractivity contribution in [3.63, 3.8) is 0 Å². The highest BCUT2D eigenvalue weighted by Crippen LogP contribution is 2.19. The summed E-state index contributed by atoms with van der Waals surface area (Å²) in [5.41, 5.74) is 3.36. The number of pyridine rings is 1. The van der Waals surface area contributed by atoms with Crippen LogP contribution in [0.1, 0.15) is 47.1 Å². The van der Waals surface area contributed by atoms with E-state index in [1.165, 1.54) is 18.4 Å². The number of nitrogens with zero attached hydrogens (tertiary/aromatic N) is 3. The number of rotatable bonds is 4. The number of carbonyl (C=O) groups is 1. The molecular weight excluding hydrogens is 324 g/mol. The van der Waals surface area contributed by atoms with Crippen LogP contribution in [0.3, 0.4) is 0 Å². The average Bonchev–Trinajstić information content (AvgIpc) is 2.65. The Labute approximate surface area is 154 Å². The lowest BCUT2D eigenvalue weighted by Gasteiger charge is -2.30. The van der Waals surface area contributed by atoms with Crippen molar-refractivity contribution in [3.8, 4) is 6.07 Å². The molecule has 1 saturated heterocycles. The summed E-state index contributed by atoms with van der Waals surface area (Å²) in [6.07, 6.45) is 2.54. The monoisotopic (exact) mass is 348 g/mol. The molecular formula is C21H24N4O. The molecule has 1 aromatic carbocycles. The number of benzene rings is 1. The van der Waals surface area contributed by atoms with E-state index < -0.39 is 0 Å². The Hall–Kier alpha value is -2.71. The van der Waals surface area contributed by atoms with Crippen LogP contribution in [0.15, 0.2) is 36.4 Å². The van der Waals surface area contributed by atoms with Gasteiger partial charge in [0.15, 0.2) is 0 Å². The molecule has 1 N–H and O–H groups in total. The van der Waals surface area contributed by atoms with Gasteiger partial charge in [0, 0.05) is 12.2 Å². The van der Waals surface area contributed by atoms with E-state index in [1.54, 1.807) is 19.1 Å². The molecule has 5 heteroatoms. The minimum Gasteiger partial charge on any atom is -0.321 e. The lowest BCUT2D eigenvalue weighted by molar-refractivity contribution is 0.102. The van der Waals surface area contributed by atoms with Crippen LogP contribution >= 0.6 is 0 Å². The van der Waals surface area contributed by atoms with E-state index in [2.05, 4.69) is 40.3 Å². The Bertz CT molecular complexity index is 815. The number of nitriles is 1. The fourth-order valence-electron chi connectivity index (χ4n) is 3.17. The normalized spacial score (nSPS) is 15.4. The van der Waals surface area contributed by atoms with Crippen LogP contribution in [0, 0.1) is 24.2 Å². The fourth-order valence-corrected chi connectivity index (χ4v) is 3.17. The predicted octanol–water partition coefficient (Wildman–Crippen LogP) is 3.75. The zero-order valence-corrected chi connectivity index (χ0v) is 15.3. The molecule has 5 nitrogen and oxygen atoms in total. The molecule has 1 aromatic heterocycles. The lowest BCUT2D eigenvalue weighted by Crippen LogP contribution is -2.32. The summed E-state index contributed by atoms with van der Waals surface area (Å²) in [5, 5.41) is 11.8. The van der Waals surface area contributed by atoms with E-state index in [-0.39, 0.29) is 5.91 Å². The molecule has 0 saturated carbocycles. The third-order valence-corrected chi connectivity index (χ3v) is 4.93. The van der Waals surface area contributed by atoms with Crippen LogP contribution in [-0.2, 0) is 6.54 Å². The van der Waals surface area contributed by atoms with Gasteiger partial charge in [-0.1, -0.05) is 19.1 Å². The quantitative estimate of drug-likeness (QED) is 0.914. The number of nitrogens with one attached hydrogen (secondary N) is 1. The second kappa shape index (κ2) is 8.11. The number of aromatic nitrogens is 1. The molecule has 0 aliphatic carbocycles. The van der Waals surface area contributed by atoms with E-state index in [0.717, 1.165) is 31.2 Å². The maximum absolute atomic E-state index is 12.3. The van der Waals surface area contributed by atoms with E-state index in [1.807, 2.05) is 12.1 Å². The van der Waals surface area contributed by atoms with Crippen LogP contribution in [-0.4, -0.2) is 28.9 Å². The molecule has 0 atom stereocenters. The van der Waals surface area contributed by atoms with Gasteiger partial charge in [0.1, 0.15) is 11.8 Å². The standard InChI is InChI=1S/C21H24N4O/c1-15-9-11-25(12-10-15)14-17-3-6-19(7-4-17)24-21(26)20-8-5-18(13-22)16(2)23-20/h3-8,15H,9-12,14H2,1-2H3,(H,24,26). The van der Waals surface area contributed by atoms with Gasteiger partial charge in [-0.05, 0) is 68.6 Å². The molecule has 0 bridgehead atoms. The minimum atomic E-state index is -0.268. The number of aryl methyl sites for hydroxylation is 1. The highest BCUT2D eigenvalue weighted by molar-refractivity contribution is 6.02. The molecule has 1 fully saturated rings. The van der Waals surface area contributed by atoms with Crippen molar-refractivity contribution in [3.05, 3.63) is 58.9 Å². The smallest absolute Gasteiger partial charge is 0.274 e. The van der Waals surface area contributed by atoms with Gasteiger partial charge in [-0.15, -0.1) is 0 Å². The second-order valence-electron chi connectivity index (χ2n) is 7.05. The molecule has 2 aromatic rings. The summed E-state index contributed by atoms with van der Waals surface area (Å²) in [6, 6.07) is 13.2. The second-order valence-corrected chi connectivity index (χ2v) is 7.05. The first-order chi connectivity index (χ1) is 12.5. The number of carbonyl (C=O) groups excluding carboxylic acids is 1. The predicted molar refractivity (Wildman–Crippen MR) is 102 cm³/mol. The Balaban J connectivity index is 1.59. The molecule has 0 radical (unpaired) electrons. The Morgan fingerprint density at radius 3 is 2.54 bits per heavy atom. The van der Waals surface area contributed by atoms with Crippen molar-refractivity contribution >= 4 is 11.6 Å². The van der Waals surface area contributed by atoms with Crippen molar-refractivity contribution < 1.29 is 4.79 Å². The average molecular weight is 348 g/mol. The van der Waals surface area contributed by atoms with Gasteiger partial charge < -0.3 is 5.32 Å². The van der Waals surface area contributed by atoms with Crippen molar-refractivity contribution in [1.82, 2.24) is 9.88 Å². The molecule has 0 unspecified atom stereocenters. The molecule has 1 amide bonds. The van der Waals surface area contributed by atoms with Crippen LogP contribution in [0.5, 0.6) is 0 Å². The number of hydrogen-bond acceptors (Lipinski definition) is 4.